The summed E-state index contributed by atoms with van der Waals surface area (Å²) in [5.41, 5.74) is 2.76. The standard InChI is InChI=1S/C13H17N5O/c1-4-14-10-5-6-11(15-7-10)13(19)16-12-8-18(3)17-9(12)2/h5-8,14H,4H2,1-3H3,(H,16,19). The molecule has 0 aromatic carbocycles. The fourth-order valence-corrected chi connectivity index (χ4v) is 1.75. The summed E-state index contributed by atoms with van der Waals surface area (Å²) in [4.78, 5) is 16.1. The molecule has 0 saturated carbocycles. The number of aromatic nitrogens is 3. The van der Waals surface area contributed by atoms with E-state index in [1.54, 1.807) is 23.1 Å². The predicted molar refractivity (Wildman–Crippen MR) is 74.3 cm³/mol. The van der Waals surface area contributed by atoms with Gasteiger partial charge in [0, 0.05) is 19.8 Å². The number of hydrogen-bond acceptors (Lipinski definition) is 4. The minimum Gasteiger partial charge on any atom is -0.384 e. The molecule has 2 N–H and O–H groups in total. The lowest BCUT2D eigenvalue weighted by molar-refractivity contribution is 0.102. The molecule has 2 rings (SSSR count). The summed E-state index contributed by atoms with van der Waals surface area (Å²) in [7, 11) is 1.81. The van der Waals surface area contributed by atoms with E-state index in [1.165, 1.54) is 0 Å². The molecule has 0 aliphatic rings. The van der Waals surface area contributed by atoms with E-state index in [1.807, 2.05) is 27.0 Å². The first-order valence-electron chi connectivity index (χ1n) is 6.11. The second kappa shape index (κ2) is 5.51. The van der Waals surface area contributed by atoms with Gasteiger partial charge in [-0.3, -0.25) is 9.48 Å². The Morgan fingerprint density at radius 2 is 2.21 bits per heavy atom. The van der Waals surface area contributed by atoms with Crippen molar-refractivity contribution in [3.05, 3.63) is 35.9 Å². The van der Waals surface area contributed by atoms with Crippen LogP contribution >= 0.6 is 0 Å². The lowest BCUT2D eigenvalue weighted by atomic mass is 10.3. The molecule has 0 spiro atoms. The lowest BCUT2D eigenvalue weighted by Gasteiger charge is -2.05. The second-order valence-corrected chi connectivity index (χ2v) is 4.22. The van der Waals surface area contributed by atoms with E-state index in [4.69, 9.17) is 0 Å². The molecule has 19 heavy (non-hydrogen) atoms. The molecule has 0 aliphatic heterocycles. The van der Waals surface area contributed by atoms with Crippen molar-refractivity contribution >= 4 is 17.3 Å². The lowest BCUT2D eigenvalue weighted by Crippen LogP contribution is -2.14. The van der Waals surface area contributed by atoms with E-state index in [0.29, 0.717) is 11.4 Å². The molecule has 0 fully saturated rings. The van der Waals surface area contributed by atoms with Crippen molar-refractivity contribution in [3.63, 3.8) is 0 Å². The van der Waals surface area contributed by atoms with Crippen LogP contribution in [0.25, 0.3) is 0 Å². The number of amides is 1. The highest BCUT2D eigenvalue weighted by atomic mass is 16.1. The van der Waals surface area contributed by atoms with Gasteiger partial charge in [-0.05, 0) is 26.0 Å². The molecule has 0 aliphatic carbocycles. The quantitative estimate of drug-likeness (QED) is 0.878. The minimum absolute atomic E-state index is 0.237. The summed E-state index contributed by atoms with van der Waals surface area (Å²) in [6.07, 6.45) is 3.41. The van der Waals surface area contributed by atoms with Crippen LogP contribution in [0.3, 0.4) is 0 Å². The summed E-state index contributed by atoms with van der Waals surface area (Å²) >= 11 is 0. The zero-order chi connectivity index (χ0) is 13.8. The van der Waals surface area contributed by atoms with Gasteiger partial charge in [-0.15, -0.1) is 0 Å². The molecular weight excluding hydrogens is 242 g/mol. The van der Waals surface area contributed by atoms with Gasteiger partial charge in [0.2, 0.25) is 0 Å². The van der Waals surface area contributed by atoms with Crippen LogP contribution < -0.4 is 10.6 Å². The number of nitrogens with one attached hydrogen (secondary N) is 2. The number of carbonyl (C=O) groups excluding carboxylic acids is 1. The first-order valence-corrected chi connectivity index (χ1v) is 6.11. The van der Waals surface area contributed by atoms with Gasteiger partial charge in [0.05, 0.1) is 23.3 Å². The summed E-state index contributed by atoms with van der Waals surface area (Å²) in [6, 6.07) is 3.53. The molecule has 2 aromatic heterocycles. The maximum Gasteiger partial charge on any atom is 0.274 e. The molecular formula is C13H17N5O. The summed E-state index contributed by atoms with van der Waals surface area (Å²) in [5, 5.41) is 10.1. The average molecular weight is 259 g/mol. The third-order valence-corrected chi connectivity index (χ3v) is 2.64. The molecule has 0 saturated heterocycles. The second-order valence-electron chi connectivity index (χ2n) is 4.22. The van der Waals surface area contributed by atoms with E-state index >= 15 is 0 Å². The largest absolute Gasteiger partial charge is 0.384 e. The van der Waals surface area contributed by atoms with Crippen molar-refractivity contribution in [1.29, 1.82) is 0 Å². The van der Waals surface area contributed by atoms with Gasteiger partial charge in [0.15, 0.2) is 0 Å². The highest BCUT2D eigenvalue weighted by molar-refractivity contribution is 6.03. The Morgan fingerprint density at radius 3 is 2.74 bits per heavy atom. The van der Waals surface area contributed by atoms with Gasteiger partial charge in [0.25, 0.3) is 5.91 Å². The molecule has 0 bridgehead atoms. The van der Waals surface area contributed by atoms with Crippen LogP contribution in [0, 0.1) is 6.92 Å². The van der Waals surface area contributed by atoms with Crippen molar-refractivity contribution in [2.75, 3.05) is 17.2 Å². The van der Waals surface area contributed by atoms with Gasteiger partial charge < -0.3 is 10.6 Å². The van der Waals surface area contributed by atoms with E-state index < -0.39 is 0 Å². The SMILES string of the molecule is CCNc1ccc(C(=O)Nc2cn(C)nc2C)nc1. The third-order valence-electron chi connectivity index (χ3n) is 2.64. The van der Waals surface area contributed by atoms with Crippen molar-refractivity contribution in [1.82, 2.24) is 14.8 Å². The highest BCUT2D eigenvalue weighted by Gasteiger charge is 2.10. The zero-order valence-corrected chi connectivity index (χ0v) is 11.3. The first kappa shape index (κ1) is 13.1. The van der Waals surface area contributed by atoms with Crippen LogP contribution in [-0.2, 0) is 7.05 Å². The minimum atomic E-state index is -0.237. The van der Waals surface area contributed by atoms with E-state index in [-0.39, 0.29) is 5.91 Å². The van der Waals surface area contributed by atoms with Gasteiger partial charge in [-0.2, -0.15) is 5.10 Å². The molecule has 6 nitrogen and oxygen atoms in total. The number of hydrogen-bond donors (Lipinski definition) is 2. The van der Waals surface area contributed by atoms with E-state index in [2.05, 4.69) is 20.7 Å². The van der Waals surface area contributed by atoms with Crippen LogP contribution in [0.2, 0.25) is 0 Å². The Labute approximate surface area is 111 Å². The average Bonchev–Trinajstić information content (AvgIpc) is 2.69. The molecule has 0 unspecified atom stereocenters. The van der Waals surface area contributed by atoms with Crippen molar-refractivity contribution < 1.29 is 4.79 Å². The molecule has 2 aromatic rings. The zero-order valence-electron chi connectivity index (χ0n) is 11.3. The fraction of sp³-hybridized carbons (Fsp3) is 0.308. The summed E-state index contributed by atoms with van der Waals surface area (Å²) in [5.74, 6) is -0.237. The van der Waals surface area contributed by atoms with Crippen LogP contribution in [0.5, 0.6) is 0 Å². The summed E-state index contributed by atoms with van der Waals surface area (Å²) in [6.45, 7) is 4.67. The highest BCUT2D eigenvalue weighted by Crippen LogP contribution is 2.13. The number of carbonyl (C=O) groups is 1. The van der Waals surface area contributed by atoms with Gasteiger partial charge >= 0.3 is 0 Å². The fourth-order valence-electron chi connectivity index (χ4n) is 1.75. The Balaban J connectivity index is 2.09. The van der Waals surface area contributed by atoms with Crippen LogP contribution in [-0.4, -0.2) is 27.2 Å². The normalized spacial score (nSPS) is 10.3. The van der Waals surface area contributed by atoms with Crippen molar-refractivity contribution in [2.24, 2.45) is 7.05 Å². The van der Waals surface area contributed by atoms with E-state index in [0.717, 1.165) is 17.9 Å². The van der Waals surface area contributed by atoms with Crippen LogP contribution in [0.1, 0.15) is 23.1 Å². The number of anilines is 2. The van der Waals surface area contributed by atoms with Gasteiger partial charge in [-0.25, -0.2) is 4.98 Å². The predicted octanol–water partition coefficient (Wildman–Crippen LogP) is 1.81. The molecule has 100 valence electrons. The number of pyridine rings is 1. The van der Waals surface area contributed by atoms with Crippen LogP contribution in [0.15, 0.2) is 24.5 Å². The summed E-state index contributed by atoms with van der Waals surface area (Å²) < 4.78 is 1.66. The Hall–Kier alpha value is -2.37. The van der Waals surface area contributed by atoms with Gasteiger partial charge in [-0.1, -0.05) is 0 Å². The Morgan fingerprint density at radius 1 is 1.42 bits per heavy atom. The van der Waals surface area contributed by atoms with Gasteiger partial charge in [0.1, 0.15) is 5.69 Å². The van der Waals surface area contributed by atoms with Crippen LogP contribution in [0.4, 0.5) is 11.4 Å². The molecule has 6 heteroatoms. The molecule has 0 radical (unpaired) electrons. The maximum atomic E-state index is 12.0. The van der Waals surface area contributed by atoms with Crippen molar-refractivity contribution in [3.8, 4) is 0 Å². The Bertz CT molecular complexity index is 573. The van der Waals surface area contributed by atoms with Crippen molar-refractivity contribution in [2.45, 2.75) is 13.8 Å². The number of aryl methyl sites for hydroxylation is 2. The molecule has 1 amide bonds. The molecule has 0 atom stereocenters. The maximum absolute atomic E-state index is 12.0. The smallest absolute Gasteiger partial charge is 0.274 e. The Kier molecular flexibility index (Phi) is 3.79. The first-order chi connectivity index (χ1) is 9.10. The molecule has 2 heterocycles. The topological polar surface area (TPSA) is 71.8 Å². The monoisotopic (exact) mass is 259 g/mol. The number of nitrogens with zero attached hydrogens (tertiary/aromatic N) is 3. The number of rotatable bonds is 4. The van der Waals surface area contributed by atoms with E-state index in [9.17, 15) is 4.79 Å². The third kappa shape index (κ3) is 3.09.